The van der Waals surface area contributed by atoms with Gasteiger partial charge in [-0.1, -0.05) is 88.0 Å². The van der Waals surface area contributed by atoms with Crippen LogP contribution in [-0.2, 0) is 28.0 Å². The fourth-order valence-corrected chi connectivity index (χ4v) is 4.63. The van der Waals surface area contributed by atoms with Crippen LogP contribution in [0.4, 0.5) is 0 Å². The second kappa shape index (κ2) is 11.9. The van der Waals surface area contributed by atoms with Gasteiger partial charge in [0, 0.05) is 24.0 Å². The van der Waals surface area contributed by atoms with Crippen molar-refractivity contribution < 1.29 is 9.59 Å². The Hall–Kier alpha value is -2.33. The summed E-state index contributed by atoms with van der Waals surface area (Å²) < 4.78 is 0. The molecule has 1 unspecified atom stereocenters. The van der Waals surface area contributed by atoms with E-state index in [1.807, 2.05) is 31.2 Å². The van der Waals surface area contributed by atoms with Gasteiger partial charge in [-0.15, -0.1) is 0 Å². The molecule has 184 valence electrons. The summed E-state index contributed by atoms with van der Waals surface area (Å²) in [4.78, 5) is 28.2. The number of benzene rings is 2. The maximum absolute atomic E-state index is 13.4. The van der Waals surface area contributed by atoms with Crippen LogP contribution in [0.5, 0.6) is 0 Å². The van der Waals surface area contributed by atoms with E-state index in [0.29, 0.717) is 24.4 Å². The molecule has 2 aromatic carbocycles. The largest absolute Gasteiger partial charge is 0.352 e. The zero-order chi connectivity index (χ0) is 24.7. The standard InChI is InChI=1S/C29H39ClN2O2/c1-21(28(34)31-26-8-6-5-7-9-26)32(20-23-12-17-25(30)18-13-23)27(33)19-14-22-10-15-24(16-11-22)29(2,3)4/h10-13,15-18,21,26H,5-9,14,19-20H2,1-4H3,(H,31,34). The minimum atomic E-state index is -0.534. The van der Waals surface area contributed by atoms with Crippen molar-refractivity contribution in [1.82, 2.24) is 10.2 Å². The number of aryl methyl sites for hydroxylation is 1. The van der Waals surface area contributed by atoms with E-state index in [9.17, 15) is 9.59 Å². The number of hydrogen-bond acceptors (Lipinski definition) is 2. The van der Waals surface area contributed by atoms with Gasteiger partial charge < -0.3 is 10.2 Å². The average Bonchev–Trinajstić information content (AvgIpc) is 2.82. The quantitative estimate of drug-likeness (QED) is 0.470. The number of amides is 2. The number of nitrogens with one attached hydrogen (secondary N) is 1. The number of hydrogen-bond donors (Lipinski definition) is 1. The lowest BCUT2D eigenvalue weighted by atomic mass is 9.86. The van der Waals surface area contributed by atoms with Gasteiger partial charge in [0.1, 0.15) is 6.04 Å². The van der Waals surface area contributed by atoms with Crippen LogP contribution in [0.15, 0.2) is 48.5 Å². The number of halogens is 1. The van der Waals surface area contributed by atoms with Crippen LogP contribution in [0.2, 0.25) is 5.02 Å². The van der Waals surface area contributed by atoms with E-state index >= 15 is 0 Å². The van der Waals surface area contributed by atoms with E-state index in [2.05, 4.69) is 50.4 Å². The number of carbonyl (C=O) groups excluding carboxylic acids is 2. The molecular weight excluding hydrogens is 444 g/mol. The third-order valence-corrected chi connectivity index (χ3v) is 7.08. The van der Waals surface area contributed by atoms with Crippen LogP contribution in [0, 0.1) is 0 Å². The summed E-state index contributed by atoms with van der Waals surface area (Å²) in [5.41, 5.74) is 3.47. The van der Waals surface area contributed by atoms with Crippen molar-refractivity contribution in [3.8, 4) is 0 Å². The van der Waals surface area contributed by atoms with Gasteiger partial charge in [-0.25, -0.2) is 0 Å². The van der Waals surface area contributed by atoms with Crippen molar-refractivity contribution in [2.45, 2.75) is 96.7 Å². The van der Waals surface area contributed by atoms with Crippen LogP contribution in [0.1, 0.15) is 82.9 Å². The molecule has 0 heterocycles. The Morgan fingerprint density at radius 1 is 0.971 bits per heavy atom. The summed E-state index contributed by atoms with van der Waals surface area (Å²) >= 11 is 6.04. The topological polar surface area (TPSA) is 49.4 Å². The molecule has 1 N–H and O–H groups in total. The Labute approximate surface area is 210 Å². The second-order valence-electron chi connectivity index (χ2n) is 10.6. The van der Waals surface area contributed by atoms with Crippen molar-refractivity contribution in [2.24, 2.45) is 0 Å². The van der Waals surface area contributed by atoms with Crippen LogP contribution >= 0.6 is 11.6 Å². The SMILES string of the molecule is CC(C(=O)NC1CCCCC1)N(Cc1ccc(Cl)cc1)C(=O)CCc1ccc(C(C)(C)C)cc1. The second-order valence-corrected chi connectivity index (χ2v) is 11.1. The summed E-state index contributed by atoms with van der Waals surface area (Å²) in [5.74, 6) is -0.0788. The molecule has 1 fully saturated rings. The van der Waals surface area contributed by atoms with E-state index in [1.165, 1.54) is 12.0 Å². The zero-order valence-corrected chi connectivity index (χ0v) is 21.8. The lowest BCUT2D eigenvalue weighted by molar-refractivity contribution is -0.141. The molecule has 0 bridgehead atoms. The number of rotatable bonds is 8. The lowest BCUT2D eigenvalue weighted by Gasteiger charge is -2.31. The Morgan fingerprint density at radius 3 is 2.15 bits per heavy atom. The van der Waals surface area contributed by atoms with Gasteiger partial charge in [0.25, 0.3) is 0 Å². The van der Waals surface area contributed by atoms with Gasteiger partial charge in [0.2, 0.25) is 11.8 Å². The summed E-state index contributed by atoms with van der Waals surface area (Å²) in [6.07, 6.45) is 6.60. The maximum Gasteiger partial charge on any atom is 0.242 e. The van der Waals surface area contributed by atoms with Gasteiger partial charge >= 0.3 is 0 Å². The minimum absolute atomic E-state index is 0.0128. The van der Waals surface area contributed by atoms with Gasteiger partial charge in [0.15, 0.2) is 0 Å². The van der Waals surface area contributed by atoms with E-state index < -0.39 is 6.04 Å². The molecular formula is C29H39ClN2O2. The predicted molar refractivity (Wildman–Crippen MR) is 140 cm³/mol. The van der Waals surface area contributed by atoms with Gasteiger partial charge in [-0.3, -0.25) is 9.59 Å². The van der Waals surface area contributed by atoms with E-state index in [-0.39, 0.29) is 23.3 Å². The van der Waals surface area contributed by atoms with Gasteiger partial charge in [-0.05, 0) is 60.4 Å². The maximum atomic E-state index is 13.4. The first-order valence-corrected chi connectivity index (χ1v) is 12.9. The van der Waals surface area contributed by atoms with Crippen LogP contribution in [0.25, 0.3) is 0 Å². The third-order valence-electron chi connectivity index (χ3n) is 6.83. The highest BCUT2D eigenvalue weighted by molar-refractivity contribution is 6.30. The molecule has 4 nitrogen and oxygen atoms in total. The predicted octanol–water partition coefficient (Wildman–Crippen LogP) is 6.44. The summed E-state index contributed by atoms with van der Waals surface area (Å²) in [7, 11) is 0. The summed E-state index contributed by atoms with van der Waals surface area (Å²) in [6.45, 7) is 8.81. The van der Waals surface area contributed by atoms with Crippen molar-refractivity contribution in [3.05, 3.63) is 70.2 Å². The summed E-state index contributed by atoms with van der Waals surface area (Å²) in [5, 5.41) is 3.84. The zero-order valence-electron chi connectivity index (χ0n) is 21.1. The highest BCUT2D eigenvalue weighted by atomic mass is 35.5. The smallest absolute Gasteiger partial charge is 0.242 e. The summed E-state index contributed by atoms with van der Waals surface area (Å²) in [6, 6.07) is 15.7. The first-order valence-electron chi connectivity index (χ1n) is 12.6. The first-order chi connectivity index (χ1) is 16.1. The first kappa shape index (κ1) is 26.3. The molecule has 3 rings (SSSR count). The normalized spacial score (nSPS) is 15.6. The molecule has 0 radical (unpaired) electrons. The minimum Gasteiger partial charge on any atom is -0.352 e. The van der Waals surface area contributed by atoms with E-state index in [1.54, 1.807) is 4.90 Å². The third kappa shape index (κ3) is 7.59. The highest BCUT2D eigenvalue weighted by Crippen LogP contribution is 2.23. The van der Waals surface area contributed by atoms with E-state index in [0.717, 1.165) is 36.8 Å². The van der Waals surface area contributed by atoms with Gasteiger partial charge in [-0.2, -0.15) is 0 Å². The molecule has 0 saturated heterocycles. The molecule has 1 saturated carbocycles. The lowest BCUT2D eigenvalue weighted by Crippen LogP contribution is -2.50. The van der Waals surface area contributed by atoms with Crippen molar-refractivity contribution in [1.29, 1.82) is 0 Å². The molecule has 1 aliphatic carbocycles. The van der Waals surface area contributed by atoms with Crippen molar-refractivity contribution in [3.63, 3.8) is 0 Å². The van der Waals surface area contributed by atoms with Crippen molar-refractivity contribution in [2.75, 3.05) is 0 Å². The Morgan fingerprint density at radius 2 is 1.56 bits per heavy atom. The number of nitrogens with zero attached hydrogens (tertiary/aromatic N) is 1. The van der Waals surface area contributed by atoms with Crippen LogP contribution in [0.3, 0.4) is 0 Å². The molecule has 34 heavy (non-hydrogen) atoms. The van der Waals surface area contributed by atoms with Gasteiger partial charge in [0.05, 0.1) is 0 Å². The molecule has 0 aliphatic heterocycles. The van der Waals surface area contributed by atoms with Crippen LogP contribution in [-0.4, -0.2) is 28.8 Å². The molecule has 0 aromatic heterocycles. The molecule has 5 heteroatoms. The Kier molecular flexibility index (Phi) is 9.18. The average molecular weight is 483 g/mol. The monoisotopic (exact) mass is 482 g/mol. The molecule has 1 atom stereocenters. The van der Waals surface area contributed by atoms with Crippen molar-refractivity contribution >= 4 is 23.4 Å². The molecule has 2 aromatic rings. The highest BCUT2D eigenvalue weighted by Gasteiger charge is 2.28. The fourth-order valence-electron chi connectivity index (χ4n) is 4.50. The van der Waals surface area contributed by atoms with E-state index in [4.69, 9.17) is 11.6 Å². The molecule has 0 spiro atoms. The fraction of sp³-hybridized carbons (Fsp3) is 0.517. The molecule has 1 aliphatic rings. The number of carbonyl (C=O) groups is 2. The van der Waals surface area contributed by atoms with Crippen LogP contribution < -0.4 is 5.32 Å². The molecule has 2 amide bonds. The Balaban J connectivity index is 1.69. The Bertz CT molecular complexity index is 942.